The van der Waals surface area contributed by atoms with E-state index >= 15 is 0 Å². The van der Waals surface area contributed by atoms with Crippen LogP contribution in [0.1, 0.15) is 39.5 Å². The van der Waals surface area contributed by atoms with Crippen LogP contribution in [0.2, 0.25) is 0 Å². The number of likely N-dealkylation sites (N-methyl/N-ethyl adjacent to an activating group) is 1. The predicted molar refractivity (Wildman–Crippen MR) is 120 cm³/mol. The van der Waals surface area contributed by atoms with Crippen LogP contribution in [0, 0.1) is 27.7 Å². The van der Waals surface area contributed by atoms with Crippen molar-refractivity contribution < 1.29 is 18.1 Å². The van der Waals surface area contributed by atoms with Crippen molar-refractivity contribution in [3.8, 4) is 0 Å². The first-order valence-electron chi connectivity index (χ1n) is 10.5. The average molecular weight is 431 g/mol. The maximum Gasteiger partial charge on any atom is 0.262 e. The number of carbonyl (C=O) groups excluding carboxylic acids is 1. The molecule has 2 aromatic carbocycles. The Morgan fingerprint density at radius 2 is 1.60 bits per heavy atom. The molecule has 0 aliphatic carbocycles. The van der Waals surface area contributed by atoms with Crippen LogP contribution < -0.4 is 9.62 Å². The predicted octanol–water partition coefficient (Wildman–Crippen LogP) is 2.08. The Labute approximate surface area is 179 Å². The van der Waals surface area contributed by atoms with Gasteiger partial charge in [0.15, 0.2) is 0 Å². The van der Waals surface area contributed by atoms with E-state index in [1.54, 1.807) is 24.3 Å². The molecule has 0 atom stereocenters. The highest BCUT2D eigenvalue weighted by atomic mass is 32.2. The summed E-state index contributed by atoms with van der Waals surface area (Å²) in [5.41, 5.74) is 4.03. The van der Waals surface area contributed by atoms with Crippen LogP contribution in [0.3, 0.4) is 0 Å². The number of para-hydroxylation sites is 1. The molecule has 7 heteroatoms. The standard InChI is InChI=1S/C23H31N3O3S/c1-6-25-11-13-26(14-12-25)23(27)20-9-7-8-10-21(20)24-30(28,29)22-18(4)16(2)15-17(3)19(22)5/h7-10,15,24H,6,11-14H2,1-5H3/p+1. The van der Waals surface area contributed by atoms with Gasteiger partial charge in [-0.15, -0.1) is 0 Å². The van der Waals surface area contributed by atoms with Crippen LogP contribution in [-0.2, 0) is 10.0 Å². The molecular formula is C23H32N3O3S+. The lowest BCUT2D eigenvalue weighted by atomic mass is 10.0. The number of rotatable bonds is 5. The largest absolute Gasteiger partial charge is 0.332 e. The zero-order valence-electron chi connectivity index (χ0n) is 18.5. The summed E-state index contributed by atoms with van der Waals surface area (Å²) >= 11 is 0. The minimum atomic E-state index is -3.84. The number of sulfonamides is 1. The molecule has 162 valence electrons. The number of hydrogen-bond acceptors (Lipinski definition) is 3. The fourth-order valence-electron chi connectivity index (χ4n) is 4.09. The number of aryl methyl sites for hydroxylation is 2. The van der Waals surface area contributed by atoms with E-state index in [1.165, 1.54) is 4.90 Å². The zero-order chi connectivity index (χ0) is 22.1. The lowest BCUT2D eigenvalue weighted by Gasteiger charge is -2.32. The molecule has 0 radical (unpaired) electrons. The molecule has 1 amide bonds. The Balaban J connectivity index is 1.93. The third kappa shape index (κ3) is 4.37. The molecule has 1 fully saturated rings. The molecule has 30 heavy (non-hydrogen) atoms. The number of carbonyl (C=O) groups is 1. The second-order valence-electron chi connectivity index (χ2n) is 8.14. The van der Waals surface area contributed by atoms with E-state index in [-0.39, 0.29) is 5.91 Å². The minimum Gasteiger partial charge on any atom is -0.332 e. The maximum atomic E-state index is 13.3. The van der Waals surface area contributed by atoms with E-state index in [1.807, 2.05) is 38.7 Å². The van der Waals surface area contributed by atoms with E-state index in [4.69, 9.17) is 0 Å². The molecule has 6 nitrogen and oxygen atoms in total. The van der Waals surface area contributed by atoms with Crippen molar-refractivity contribution in [3.05, 3.63) is 58.1 Å². The molecule has 2 N–H and O–H groups in total. The molecule has 0 bridgehead atoms. The third-order valence-corrected chi connectivity index (χ3v) is 7.86. The van der Waals surface area contributed by atoms with Gasteiger partial charge in [0.25, 0.3) is 15.9 Å². The van der Waals surface area contributed by atoms with Crippen molar-refractivity contribution in [2.75, 3.05) is 37.4 Å². The number of anilines is 1. The van der Waals surface area contributed by atoms with Crippen LogP contribution in [0.15, 0.2) is 35.2 Å². The average Bonchev–Trinajstić information content (AvgIpc) is 2.72. The topological polar surface area (TPSA) is 70.9 Å². The minimum absolute atomic E-state index is 0.127. The first kappa shape index (κ1) is 22.3. The lowest BCUT2D eigenvalue weighted by molar-refractivity contribution is -0.902. The van der Waals surface area contributed by atoms with Crippen LogP contribution in [-0.4, -0.2) is 51.9 Å². The number of piperazine rings is 1. The van der Waals surface area contributed by atoms with Gasteiger partial charge in [-0.1, -0.05) is 18.2 Å². The van der Waals surface area contributed by atoms with Gasteiger partial charge in [0, 0.05) is 0 Å². The SMILES string of the molecule is CC[NH+]1CCN(C(=O)c2ccccc2NS(=O)(=O)c2c(C)c(C)cc(C)c2C)CC1. The lowest BCUT2D eigenvalue weighted by Crippen LogP contribution is -3.14. The summed E-state index contributed by atoms with van der Waals surface area (Å²) in [7, 11) is -3.84. The normalized spacial score (nSPS) is 15.3. The van der Waals surface area contributed by atoms with Gasteiger partial charge < -0.3 is 9.80 Å². The number of amides is 1. The molecule has 1 heterocycles. The van der Waals surface area contributed by atoms with Gasteiger partial charge in [0.05, 0.1) is 48.9 Å². The fraction of sp³-hybridized carbons (Fsp3) is 0.435. The van der Waals surface area contributed by atoms with E-state index in [9.17, 15) is 13.2 Å². The van der Waals surface area contributed by atoms with Crippen molar-refractivity contribution >= 4 is 21.6 Å². The smallest absolute Gasteiger partial charge is 0.262 e. The number of benzene rings is 2. The van der Waals surface area contributed by atoms with E-state index in [2.05, 4.69) is 11.6 Å². The Morgan fingerprint density at radius 1 is 1.03 bits per heavy atom. The number of nitrogens with one attached hydrogen (secondary N) is 2. The fourth-order valence-corrected chi connectivity index (χ4v) is 5.79. The molecule has 1 aliphatic heterocycles. The Hall–Kier alpha value is -2.38. The Kier molecular flexibility index (Phi) is 6.53. The van der Waals surface area contributed by atoms with E-state index in [0.717, 1.165) is 41.9 Å². The second-order valence-corrected chi connectivity index (χ2v) is 9.76. The molecular weight excluding hydrogens is 398 g/mol. The molecule has 0 unspecified atom stereocenters. The summed E-state index contributed by atoms with van der Waals surface area (Å²) in [6, 6.07) is 8.87. The Bertz CT molecular complexity index is 1030. The van der Waals surface area contributed by atoms with Gasteiger partial charge in [-0.25, -0.2) is 8.42 Å². The monoisotopic (exact) mass is 430 g/mol. The van der Waals surface area contributed by atoms with Gasteiger partial charge in [-0.05, 0) is 69.0 Å². The highest BCUT2D eigenvalue weighted by Gasteiger charge is 2.28. The first-order valence-corrected chi connectivity index (χ1v) is 12.0. The Morgan fingerprint density at radius 3 is 2.17 bits per heavy atom. The molecule has 1 saturated heterocycles. The van der Waals surface area contributed by atoms with Crippen molar-refractivity contribution in [3.63, 3.8) is 0 Å². The first-order chi connectivity index (χ1) is 14.2. The summed E-state index contributed by atoms with van der Waals surface area (Å²) in [4.78, 5) is 16.8. The van der Waals surface area contributed by atoms with Crippen LogP contribution in [0.4, 0.5) is 5.69 Å². The summed E-state index contributed by atoms with van der Waals surface area (Å²) in [5, 5.41) is 0. The molecule has 0 spiro atoms. The molecule has 0 saturated carbocycles. The van der Waals surface area contributed by atoms with Crippen LogP contribution in [0.5, 0.6) is 0 Å². The van der Waals surface area contributed by atoms with Crippen molar-refractivity contribution in [2.24, 2.45) is 0 Å². The molecule has 1 aliphatic rings. The number of quaternary nitrogens is 1. The summed E-state index contributed by atoms with van der Waals surface area (Å²) in [5.74, 6) is -0.127. The number of nitrogens with zero attached hydrogens (tertiary/aromatic N) is 1. The van der Waals surface area contributed by atoms with Gasteiger partial charge >= 0.3 is 0 Å². The summed E-state index contributed by atoms with van der Waals surface area (Å²) < 4.78 is 29.4. The molecule has 0 aromatic heterocycles. The van der Waals surface area contributed by atoms with Gasteiger partial charge in [0.2, 0.25) is 0 Å². The molecule has 2 aromatic rings. The quantitative estimate of drug-likeness (QED) is 0.763. The number of hydrogen-bond donors (Lipinski definition) is 2. The van der Waals surface area contributed by atoms with Crippen molar-refractivity contribution in [1.82, 2.24) is 4.90 Å². The van der Waals surface area contributed by atoms with Gasteiger partial charge in [-0.3, -0.25) is 9.52 Å². The van der Waals surface area contributed by atoms with Crippen molar-refractivity contribution in [2.45, 2.75) is 39.5 Å². The van der Waals surface area contributed by atoms with Crippen molar-refractivity contribution in [1.29, 1.82) is 0 Å². The van der Waals surface area contributed by atoms with E-state index in [0.29, 0.717) is 29.2 Å². The van der Waals surface area contributed by atoms with E-state index < -0.39 is 10.0 Å². The summed E-state index contributed by atoms with van der Waals surface area (Å²) in [6.45, 7) is 13.9. The third-order valence-electron chi connectivity index (χ3n) is 6.23. The second kappa shape index (κ2) is 8.78. The zero-order valence-corrected chi connectivity index (χ0v) is 19.3. The van der Waals surface area contributed by atoms with Crippen LogP contribution >= 0.6 is 0 Å². The maximum absolute atomic E-state index is 13.3. The highest BCUT2D eigenvalue weighted by Crippen LogP contribution is 2.29. The summed E-state index contributed by atoms with van der Waals surface area (Å²) in [6.07, 6.45) is 0. The van der Waals surface area contributed by atoms with Gasteiger partial charge in [-0.2, -0.15) is 0 Å². The highest BCUT2D eigenvalue weighted by molar-refractivity contribution is 7.92. The van der Waals surface area contributed by atoms with Crippen LogP contribution in [0.25, 0.3) is 0 Å². The molecule has 3 rings (SSSR count). The van der Waals surface area contributed by atoms with Gasteiger partial charge in [0.1, 0.15) is 0 Å².